The van der Waals surface area contributed by atoms with Crippen LogP contribution in [0.25, 0.3) is 0 Å². The van der Waals surface area contributed by atoms with Crippen molar-refractivity contribution in [2.45, 2.75) is 26.7 Å². The summed E-state index contributed by atoms with van der Waals surface area (Å²) in [6, 6.07) is 3.31. The van der Waals surface area contributed by atoms with E-state index in [2.05, 4.69) is 24.8 Å². The first-order chi connectivity index (χ1) is 11.9. The molecule has 1 unspecified atom stereocenters. The van der Waals surface area contributed by atoms with Gasteiger partial charge in [0, 0.05) is 25.0 Å². The zero-order valence-corrected chi connectivity index (χ0v) is 14.9. The topological polar surface area (TPSA) is 74.0 Å². The summed E-state index contributed by atoms with van der Waals surface area (Å²) < 4.78 is 5.20. The van der Waals surface area contributed by atoms with Gasteiger partial charge < -0.3 is 14.4 Å². The van der Waals surface area contributed by atoms with E-state index < -0.39 is 11.9 Å². The van der Waals surface area contributed by atoms with Gasteiger partial charge in [-0.15, -0.1) is 0 Å². The van der Waals surface area contributed by atoms with E-state index in [0.29, 0.717) is 6.54 Å². The molecule has 136 valence electrons. The smallest absolute Gasteiger partial charge is 0.308 e. The fraction of sp³-hybridized carbons (Fsp3) is 0.579. The number of furan rings is 1. The molecule has 1 aromatic rings. The van der Waals surface area contributed by atoms with Gasteiger partial charge in [-0.3, -0.25) is 14.5 Å². The summed E-state index contributed by atoms with van der Waals surface area (Å²) in [7, 11) is 0. The highest BCUT2D eigenvalue weighted by molar-refractivity contribution is 5.92. The van der Waals surface area contributed by atoms with Gasteiger partial charge in [0.25, 0.3) is 5.91 Å². The number of aliphatic carboxylic acids is 1. The molecule has 1 atom stereocenters. The minimum Gasteiger partial charge on any atom is -0.481 e. The molecular formula is C19H26N2O4. The van der Waals surface area contributed by atoms with Gasteiger partial charge in [-0.05, 0) is 51.9 Å². The lowest BCUT2D eigenvalue weighted by molar-refractivity contribution is -0.145. The predicted molar refractivity (Wildman–Crippen MR) is 93.3 cm³/mol. The number of likely N-dealkylation sites (tertiary alicyclic amines) is 2. The monoisotopic (exact) mass is 346 g/mol. The SMILES string of the molecule is CC(C)=CCN1CCC2(CC1)CN(C(=O)c1ccco1)CC2C(=O)O. The van der Waals surface area contributed by atoms with Gasteiger partial charge in [0.2, 0.25) is 0 Å². The Morgan fingerprint density at radius 3 is 2.64 bits per heavy atom. The lowest BCUT2D eigenvalue weighted by Crippen LogP contribution is -2.46. The van der Waals surface area contributed by atoms with Crippen LogP contribution in [0.4, 0.5) is 0 Å². The van der Waals surface area contributed by atoms with Crippen molar-refractivity contribution in [1.29, 1.82) is 0 Å². The lowest BCUT2D eigenvalue weighted by Gasteiger charge is -2.41. The normalized spacial score (nSPS) is 23.0. The van der Waals surface area contributed by atoms with Crippen LogP contribution in [0, 0.1) is 11.3 Å². The van der Waals surface area contributed by atoms with Crippen LogP contribution in [-0.2, 0) is 4.79 Å². The average Bonchev–Trinajstić information content (AvgIpc) is 3.22. The van der Waals surface area contributed by atoms with Crippen LogP contribution in [-0.4, -0.2) is 59.5 Å². The number of allylic oxidation sites excluding steroid dienone is 1. The van der Waals surface area contributed by atoms with Crippen molar-refractivity contribution in [2.24, 2.45) is 11.3 Å². The second-order valence-corrected chi connectivity index (χ2v) is 7.50. The van der Waals surface area contributed by atoms with Gasteiger partial charge in [-0.25, -0.2) is 0 Å². The highest BCUT2D eigenvalue weighted by atomic mass is 16.4. The minimum absolute atomic E-state index is 0.208. The van der Waals surface area contributed by atoms with Crippen molar-refractivity contribution < 1.29 is 19.1 Å². The van der Waals surface area contributed by atoms with Gasteiger partial charge in [-0.1, -0.05) is 11.6 Å². The van der Waals surface area contributed by atoms with Crippen LogP contribution in [0.2, 0.25) is 0 Å². The number of hydrogen-bond acceptors (Lipinski definition) is 4. The molecule has 1 amide bonds. The number of amides is 1. The van der Waals surface area contributed by atoms with E-state index in [0.717, 1.165) is 32.5 Å². The van der Waals surface area contributed by atoms with E-state index in [1.807, 2.05) is 0 Å². The van der Waals surface area contributed by atoms with Crippen molar-refractivity contribution >= 4 is 11.9 Å². The lowest BCUT2D eigenvalue weighted by atomic mass is 9.71. The number of carboxylic acid groups (broad SMARTS) is 1. The fourth-order valence-electron chi connectivity index (χ4n) is 4.02. The minimum atomic E-state index is -0.799. The molecule has 0 saturated carbocycles. The van der Waals surface area contributed by atoms with Crippen LogP contribution in [0.3, 0.4) is 0 Å². The molecule has 1 aromatic heterocycles. The van der Waals surface area contributed by atoms with E-state index in [-0.39, 0.29) is 23.6 Å². The van der Waals surface area contributed by atoms with Crippen molar-refractivity contribution in [1.82, 2.24) is 9.80 Å². The molecule has 25 heavy (non-hydrogen) atoms. The summed E-state index contributed by atoms with van der Waals surface area (Å²) in [6.45, 7) is 7.59. The molecule has 1 spiro atoms. The van der Waals surface area contributed by atoms with E-state index >= 15 is 0 Å². The van der Waals surface area contributed by atoms with Gasteiger partial charge in [-0.2, -0.15) is 0 Å². The summed E-state index contributed by atoms with van der Waals surface area (Å²) >= 11 is 0. The summed E-state index contributed by atoms with van der Waals surface area (Å²) in [5.41, 5.74) is 0.968. The molecule has 2 aliphatic heterocycles. The Bertz CT molecular complexity index is 653. The second-order valence-electron chi connectivity index (χ2n) is 7.50. The van der Waals surface area contributed by atoms with Gasteiger partial charge in [0.1, 0.15) is 0 Å². The molecule has 6 nitrogen and oxygen atoms in total. The van der Waals surface area contributed by atoms with Crippen molar-refractivity contribution in [3.05, 3.63) is 35.8 Å². The Hall–Kier alpha value is -2.08. The third kappa shape index (κ3) is 3.63. The number of hydrogen-bond donors (Lipinski definition) is 1. The first kappa shape index (κ1) is 17.7. The third-order valence-corrected chi connectivity index (χ3v) is 5.57. The highest BCUT2D eigenvalue weighted by Gasteiger charge is 2.52. The van der Waals surface area contributed by atoms with Gasteiger partial charge >= 0.3 is 5.97 Å². The van der Waals surface area contributed by atoms with Crippen molar-refractivity contribution in [2.75, 3.05) is 32.7 Å². The van der Waals surface area contributed by atoms with Crippen LogP contribution >= 0.6 is 0 Å². The van der Waals surface area contributed by atoms with Crippen molar-refractivity contribution in [3.63, 3.8) is 0 Å². The molecule has 2 aliphatic rings. The summed E-state index contributed by atoms with van der Waals surface area (Å²) in [6.07, 6.45) is 5.29. The van der Waals surface area contributed by atoms with Gasteiger partial charge in [0.05, 0.1) is 12.2 Å². The summed E-state index contributed by atoms with van der Waals surface area (Å²) in [5.74, 6) is -1.23. The van der Waals surface area contributed by atoms with E-state index in [4.69, 9.17) is 4.42 Å². The molecular weight excluding hydrogens is 320 g/mol. The number of nitrogens with zero attached hydrogens (tertiary/aromatic N) is 2. The third-order valence-electron chi connectivity index (χ3n) is 5.57. The number of carbonyl (C=O) groups is 2. The molecule has 1 N–H and O–H groups in total. The highest BCUT2D eigenvalue weighted by Crippen LogP contribution is 2.45. The maximum absolute atomic E-state index is 12.6. The Morgan fingerprint density at radius 1 is 1.36 bits per heavy atom. The average molecular weight is 346 g/mol. The largest absolute Gasteiger partial charge is 0.481 e. The van der Waals surface area contributed by atoms with Gasteiger partial charge in [0.15, 0.2) is 5.76 Å². The Balaban J connectivity index is 1.71. The molecule has 2 saturated heterocycles. The molecule has 0 radical (unpaired) electrons. The quantitative estimate of drug-likeness (QED) is 0.848. The maximum Gasteiger partial charge on any atom is 0.308 e. The van der Waals surface area contributed by atoms with Crippen molar-refractivity contribution in [3.8, 4) is 0 Å². The fourth-order valence-corrected chi connectivity index (χ4v) is 4.02. The first-order valence-corrected chi connectivity index (χ1v) is 8.82. The Labute approximate surface area is 148 Å². The number of carboxylic acids is 1. The van der Waals surface area contributed by atoms with Crippen LogP contribution in [0.1, 0.15) is 37.2 Å². The van der Waals surface area contributed by atoms with E-state index in [9.17, 15) is 14.7 Å². The molecule has 6 heteroatoms. The molecule has 3 rings (SSSR count). The number of piperidine rings is 1. The molecule has 0 aliphatic carbocycles. The Morgan fingerprint density at radius 2 is 2.08 bits per heavy atom. The summed E-state index contributed by atoms with van der Waals surface area (Å²) in [4.78, 5) is 28.4. The standard InChI is InChI=1S/C19H26N2O4/c1-14(2)5-8-20-9-6-19(7-10-20)13-21(12-15(19)18(23)24)17(22)16-4-3-11-25-16/h3-5,11,15H,6-10,12-13H2,1-2H3,(H,23,24). The molecule has 0 aromatic carbocycles. The second kappa shape index (κ2) is 7.04. The zero-order chi connectivity index (χ0) is 18.0. The molecule has 2 fully saturated rings. The number of rotatable bonds is 4. The van der Waals surface area contributed by atoms with Crippen LogP contribution in [0.15, 0.2) is 34.5 Å². The van der Waals surface area contributed by atoms with E-state index in [1.165, 1.54) is 11.8 Å². The van der Waals surface area contributed by atoms with E-state index in [1.54, 1.807) is 17.0 Å². The molecule has 3 heterocycles. The predicted octanol–water partition coefficient (Wildman–Crippen LogP) is 2.48. The number of carbonyl (C=O) groups excluding carboxylic acids is 1. The Kier molecular flexibility index (Phi) is 4.99. The maximum atomic E-state index is 12.6. The molecule has 0 bridgehead atoms. The van der Waals surface area contributed by atoms with Crippen LogP contribution in [0.5, 0.6) is 0 Å². The summed E-state index contributed by atoms with van der Waals surface area (Å²) in [5, 5.41) is 9.72. The van der Waals surface area contributed by atoms with Crippen LogP contribution < -0.4 is 0 Å². The first-order valence-electron chi connectivity index (χ1n) is 8.82. The zero-order valence-electron chi connectivity index (χ0n) is 14.9.